The standard InChI is InChI=1S/C34H65NO4/c1-2-3-4-5-6-7-8-9-10-11-12-13-14-15-16-19-22-25-28-35-29-31-38-33(36)26-23-20-17-18-21-24-27-34(37)39-32-30-35/h2-32H2,1H3. The zero-order valence-corrected chi connectivity index (χ0v) is 26.0. The molecule has 0 aliphatic carbocycles. The van der Waals surface area contributed by atoms with Crippen molar-refractivity contribution < 1.29 is 19.1 Å². The number of unbranched alkanes of at least 4 members (excludes halogenated alkanes) is 17. The van der Waals surface area contributed by atoms with Gasteiger partial charge < -0.3 is 9.47 Å². The van der Waals surface area contributed by atoms with Gasteiger partial charge in [-0.05, 0) is 25.8 Å². The first-order chi connectivity index (χ1) is 19.2. The molecular weight excluding hydrogens is 486 g/mol. The summed E-state index contributed by atoms with van der Waals surface area (Å²) in [7, 11) is 0. The first-order valence-corrected chi connectivity index (χ1v) is 17.3. The summed E-state index contributed by atoms with van der Waals surface area (Å²) in [6, 6.07) is 0. The molecule has 1 heterocycles. The summed E-state index contributed by atoms with van der Waals surface area (Å²) in [5.74, 6) is -0.141. The molecule has 0 aromatic carbocycles. The van der Waals surface area contributed by atoms with E-state index in [9.17, 15) is 9.59 Å². The molecule has 1 aliphatic heterocycles. The molecule has 1 saturated heterocycles. The summed E-state index contributed by atoms with van der Waals surface area (Å²) in [4.78, 5) is 26.3. The minimum atomic E-state index is -0.0705. The van der Waals surface area contributed by atoms with Crippen LogP contribution in [0.3, 0.4) is 0 Å². The van der Waals surface area contributed by atoms with Crippen LogP contribution in [0.15, 0.2) is 0 Å². The summed E-state index contributed by atoms with van der Waals surface area (Å²) >= 11 is 0. The summed E-state index contributed by atoms with van der Waals surface area (Å²) in [6.07, 6.45) is 32.1. The molecule has 5 heteroatoms. The average Bonchev–Trinajstić information content (AvgIpc) is 2.93. The smallest absolute Gasteiger partial charge is 0.305 e. The largest absolute Gasteiger partial charge is 0.464 e. The normalized spacial score (nSPS) is 17.5. The average molecular weight is 552 g/mol. The second-order valence-electron chi connectivity index (χ2n) is 11.9. The Morgan fingerprint density at radius 3 is 1.21 bits per heavy atom. The van der Waals surface area contributed by atoms with Crippen LogP contribution in [0.2, 0.25) is 0 Å². The van der Waals surface area contributed by atoms with Gasteiger partial charge in [-0.3, -0.25) is 14.5 Å². The van der Waals surface area contributed by atoms with Gasteiger partial charge in [0.1, 0.15) is 13.2 Å². The number of hydrogen-bond donors (Lipinski definition) is 0. The molecule has 1 aliphatic rings. The van der Waals surface area contributed by atoms with Gasteiger partial charge in [-0.25, -0.2) is 0 Å². The van der Waals surface area contributed by atoms with E-state index in [2.05, 4.69) is 11.8 Å². The topological polar surface area (TPSA) is 55.8 Å². The van der Waals surface area contributed by atoms with Crippen LogP contribution in [0.25, 0.3) is 0 Å². The van der Waals surface area contributed by atoms with Crippen molar-refractivity contribution in [3.8, 4) is 0 Å². The number of cyclic esters (lactones) is 2. The maximum Gasteiger partial charge on any atom is 0.305 e. The number of ether oxygens (including phenoxy) is 2. The summed E-state index contributed by atoms with van der Waals surface area (Å²) in [6.45, 7) is 5.59. The van der Waals surface area contributed by atoms with Gasteiger partial charge in [0, 0.05) is 25.9 Å². The molecule has 0 aromatic heterocycles. The number of rotatable bonds is 19. The van der Waals surface area contributed by atoms with E-state index in [0.29, 0.717) is 26.1 Å². The third-order valence-corrected chi connectivity index (χ3v) is 8.18. The number of carbonyl (C=O) groups excluding carboxylic acids is 2. The predicted molar refractivity (Wildman–Crippen MR) is 164 cm³/mol. The Balaban J connectivity index is 2.03. The summed E-state index contributed by atoms with van der Waals surface area (Å²) < 4.78 is 10.9. The fourth-order valence-corrected chi connectivity index (χ4v) is 5.54. The molecule has 5 nitrogen and oxygen atoms in total. The van der Waals surface area contributed by atoms with Crippen LogP contribution in [0.1, 0.15) is 174 Å². The lowest BCUT2D eigenvalue weighted by atomic mass is 10.0. The molecule has 0 unspecified atom stereocenters. The highest BCUT2D eigenvalue weighted by Gasteiger charge is 2.10. The minimum absolute atomic E-state index is 0.0705. The van der Waals surface area contributed by atoms with Gasteiger partial charge in [-0.2, -0.15) is 0 Å². The molecule has 0 radical (unpaired) electrons. The van der Waals surface area contributed by atoms with E-state index in [1.54, 1.807) is 0 Å². The lowest BCUT2D eigenvalue weighted by Gasteiger charge is -2.22. The van der Waals surface area contributed by atoms with Crippen LogP contribution in [0.5, 0.6) is 0 Å². The lowest BCUT2D eigenvalue weighted by Crippen LogP contribution is -2.33. The second-order valence-corrected chi connectivity index (χ2v) is 11.9. The SMILES string of the molecule is CCCCCCCCCCCCCCCCCCCCN1CCOC(=O)CCCCCCCCC(=O)OCC1. The molecule has 0 saturated carbocycles. The molecule has 1 fully saturated rings. The zero-order chi connectivity index (χ0) is 28.1. The Morgan fingerprint density at radius 2 is 0.821 bits per heavy atom. The van der Waals surface area contributed by atoms with E-state index in [4.69, 9.17) is 9.47 Å². The Bertz CT molecular complexity index is 525. The summed E-state index contributed by atoms with van der Waals surface area (Å²) in [5.41, 5.74) is 0. The van der Waals surface area contributed by atoms with E-state index >= 15 is 0 Å². The molecule has 0 amide bonds. The highest BCUT2D eigenvalue weighted by Crippen LogP contribution is 2.15. The number of esters is 2. The van der Waals surface area contributed by atoms with Gasteiger partial charge >= 0.3 is 11.9 Å². The Hall–Kier alpha value is -1.10. The van der Waals surface area contributed by atoms with Gasteiger partial charge in [-0.15, -0.1) is 0 Å². The van der Waals surface area contributed by atoms with E-state index < -0.39 is 0 Å². The van der Waals surface area contributed by atoms with Crippen molar-refractivity contribution in [1.82, 2.24) is 4.90 Å². The van der Waals surface area contributed by atoms with Crippen molar-refractivity contribution >= 4 is 11.9 Å². The molecule has 0 atom stereocenters. The van der Waals surface area contributed by atoms with E-state index in [0.717, 1.165) is 64.6 Å². The second kappa shape index (κ2) is 28.4. The lowest BCUT2D eigenvalue weighted by molar-refractivity contribution is -0.144. The zero-order valence-electron chi connectivity index (χ0n) is 26.0. The van der Waals surface area contributed by atoms with Crippen molar-refractivity contribution in [2.24, 2.45) is 0 Å². The van der Waals surface area contributed by atoms with E-state index in [1.165, 1.54) is 109 Å². The molecule has 0 aromatic rings. The number of nitrogens with zero attached hydrogens (tertiary/aromatic N) is 1. The maximum atomic E-state index is 12.0. The van der Waals surface area contributed by atoms with Crippen molar-refractivity contribution in [2.75, 3.05) is 32.8 Å². The Kier molecular flexibility index (Phi) is 26.2. The van der Waals surface area contributed by atoms with Gasteiger partial charge in [-0.1, -0.05) is 142 Å². The molecule has 0 N–H and O–H groups in total. The third-order valence-electron chi connectivity index (χ3n) is 8.18. The first-order valence-electron chi connectivity index (χ1n) is 17.3. The molecular formula is C34H65NO4. The molecule has 230 valence electrons. The van der Waals surface area contributed by atoms with Crippen molar-refractivity contribution in [3.05, 3.63) is 0 Å². The molecule has 39 heavy (non-hydrogen) atoms. The first kappa shape index (κ1) is 35.9. The highest BCUT2D eigenvalue weighted by molar-refractivity contribution is 5.69. The highest BCUT2D eigenvalue weighted by atomic mass is 16.5. The Labute approximate surface area is 242 Å². The predicted octanol–water partition coefficient (Wildman–Crippen LogP) is 9.55. The van der Waals surface area contributed by atoms with Crippen LogP contribution in [-0.4, -0.2) is 49.7 Å². The molecule has 0 spiro atoms. The van der Waals surface area contributed by atoms with Crippen molar-refractivity contribution in [3.63, 3.8) is 0 Å². The minimum Gasteiger partial charge on any atom is -0.464 e. The van der Waals surface area contributed by atoms with Crippen LogP contribution in [0.4, 0.5) is 0 Å². The third kappa shape index (κ3) is 25.6. The van der Waals surface area contributed by atoms with Gasteiger partial charge in [0.25, 0.3) is 0 Å². The van der Waals surface area contributed by atoms with E-state index in [-0.39, 0.29) is 11.9 Å². The van der Waals surface area contributed by atoms with Crippen LogP contribution < -0.4 is 0 Å². The summed E-state index contributed by atoms with van der Waals surface area (Å²) in [5, 5.41) is 0. The fraction of sp³-hybridized carbons (Fsp3) is 0.941. The monoisotopic (exact) mass is 551 g/mol. The van der Waals surface area contributed by atoms with Gasteiger partial charge in [0.15, 0.2) is 0 Å². The Morgan fingerprint density at radius 1 is 0.487 bits per heavy atom. The molecule has 0 bridgehead atoms. The van der Waals surface area contributed by atoms with Gasteiger partial charge in [0.2, 0.25) is 0 Å². The van der Waals surface area contributed by atoms with Crippen LogP contribution in [0, 0.1) is 0 Å². The number of hydrogen-bond acceptors (Lipinski definition) is 5. The number of carbonyl (C=O) groups is 2. The van der Waals surface area contributed by atoms with Crippen LogP contribution >= 0.6 is 0 Å². The maximum absolute atomic E-state index is 12.0. The fourth-order valence-electron chi connectivity index (χ4n) is 5.54. The van der Waals surface area contributed by atoms with Gasteiger partial charge in [0.05, 0.1) is 0 Å². The van der Waals surface area contributed by atoms with Crippen molar-refractivity contribution in [1.29, 1.82) is 0 Å². The quantitative estimate of drug-likeness (QED) is 0.118. The van der Waals surface area contributed by atoms with Crippen molar-refractivity contribution in [2.45, 2.75) is 174 Å². The van der Waals surface area contributed by atoms with E-state index in [1.807, 2.05) is 0 Å². The van der Waals surface area contributed by atoms with Crippen LogP contribution in [-0.2, 0) is 19.1 Å². The molecule has 1 rings (SSSR count).